The summed E-state index contributed by atoms with van der Waals surface area (Å²) in [5.74, 6) is 0. The minimum absolute atomic E-state index is 0.0647. The zero-order valence-corrected chi connectivity index (χ0v) is 6.79. The van der Waals surface area contributed by atoms with E-state index in [-0.39, 0.29) is 8.61 Å². The number of nitrogens with one attached hydrogen (secondary N) is 1. The summed E-state index contributed by atoms with van der Waals surface area (Å²) < 4.78 is 9.82. The van der Waals surface area contributed by atoms with Gasteiger partial charge in [-0.15, -0.1) is 0 Å². The van der Waals surface area contributed by atoms with Gasteiger partial charge < -0.3 is 0 Å². The molecule has 0 aliphatic carbocycles. The first-order valence-corrected chi connectivity index (χ1v) is 4.28. The highest BCUT2D eigenvalue weighted by atomic mass is 31.1. The first-order valence-electron chi connectivity index (χ1n) is 3.47. The van der Waals surface area contributed by atoms with Gasteiger partial charge in [0.05, 0.1) is 0 Å². The predicted octanol–water partition coefficient (Wildman–Crippen LogP) is 2.36. The van der Waals surface area contributed by atoms with Crippen LogP contribution in [-0.4, -0.2) is 6.54 Å². The summed E-state index contributed by atoms with van der Waals surface area (Å²) in [6.45, 7) is 3.06. The van der Waals surface area contributed by atoms with E-state index in [0.717, 1.165) is 13.0 Å². The van der Waals surface area contributed by atoms with Gasteiger partial charge in [-0.1, -0.05) is 26.2 Å². The van der Waals surface area contributed by atoms with Crippen molar-refractivity contribution in [1.82, 2.24) is 5.09 Å². The third-order valence-electron chi connectivity index (χ3n) is 1.21. The largest absolute Gasteiger partial charge is 0.256 e. The molecule has 0 amide bonds. The molecule has 0 saturated heterocycles. The van der Waals surface area contributed by atoms with Gasteiger partial charge in [-0.25, -0.2) is 5.09 Å². The Labute approximate surface area is 58.3 Å². The van der Waals surface area contributed by atoms with E-state index in [2.05, 4.69) is 12.0 Å². The molecule has 54 valence electrons. The van der Waals surface area contributed by atoms with Crippen molar-refractivity contribution in [3.8, 4) is 0 Å². The van der Waals surface area contributed by atoms with Crippen LogP contribution in [0.15, 0.2) is 0 Å². The lowest BCUT2D eigenvalue weighted by molar-refractivity contribution is 0.586. The van der Waals surface area contributed by atoms with Gasteiger partial charge in [0.15, 0.2) is 0 Å². The summed E-state index contributed by atoms with van der Waals surface area (Å²) >= 11 is 0. The van der Waals surface area contributed by atoms with Crippen LogP contribution in [0.4, 0.5) is 0 Å². The summed E-state index contributed by atoms with van der Waals surface area (Å²) in [7, 11) is 0.0647. The maximum absolute atomic E-state index is 9.82. The van der Waals surface area contributed by atoms with Crippen molar-refractivity contribution in [3.63, 3.8) is 0 Å². The molecular weight excluding hydrogens is 133 g/mol. The molecule has 0 bridgehead atoms. The Bertz CT molecular complexity index is 68.1. The molecule has 0 fully saturated rings. The van der Waals surface area contributed by atoms with Crippen LogP contribution in [0, 0.1) is 0 Å². The van der Waals surface area contributed by atoms with Crippen molar-refractivity contribution in [3.05, 3.63) is 0 Å². The molecule has 0 heterocycles. The monoisotopic (exact) mass is 147 g/mol. The van der Waals surface area contributed by atoms with Gasteiger partial charge in [-0.2, -0.15) is 0 Å². The van der Waals surface area contributed by atoms with E-state index >= 15 is 0 Å². The highest BCUT2D eigenvalue weighted by Crippen LogP contribution is 1.97. The Morgan fingerprint density at radius 2 is 2.11 bits per heavy atom. The Balaban J connectivity index is 2.66. The van der Waals surface area contributed by atoms with E-state index in [0.29, 0.717) is 0 Å². The Morgan fingerprint density at radius 1 is 1.33 bits per heavy atom. The Kier molecular flexibility index (Phi) is 8.11. The molecule has 0 spiro atoms. The maximum Gasteiger partial charge on any atom is 0.245 e. The van der Waals surface area contributed by atoms with Crippen LogP contribution in [0.25, 0.3) is 0 Å². The van der Waals surface area contributed by atoms with E-state index < -0.39 is 0 Å². The fourth-order valence-electron chi connectivity index (χ4n) is 0.676. The van der Waals surface area contributed by atoms with E-state index in [9.17, 15) is 4.57 Å². The lowest BCUT2D eigenvalue weighted by Crippen LogP contribution is -1.99. The molecular formula is C6H14NOP. The number of hydrogen-bond acceptors (Lipinski definition) is 1. The smallest absolute Gasteiger partial charge is 0.245 e. The van der Waals surface area contributed by atoms with E-state index in [4.69, 9.17) is 0 Å². The van der Waals surface area contributed by atoms with Crippen LogP contribution in [0.5, 0.6) is 0 Å². The molecule has 0 aromatic heterocycles. The average Bonchev–Trinajstić information content (AvgIpc) is 1.89. The highest BCUT2D eigenvalue weighted by Gasteiger charge is 1.85. The van der Waals surface area contributed by atoms with Crippen LogP contribution in [-0.2, 0) is 4.57 Å². The molecule has 2 nitrogen and oxygen atoms in total. The zero-order valence-electron chi connectivity index (χ0n) is 5.89. The quantitative estimate of drug-likeness (QED) is 0.461. The van der Waals surface area contributed by atoms with E-state index in [1.54, 1.807) is 0 Å². The third-order valence-corrected chi connectivity index (χ3v) is 1.56. The summed E-state index contributed by atoms with van der Waals surface area (Å²) in [4.78, 5) is 0. The molecule has 0 aliphatic heterocycles. The van der Waals surface area contributed by atoms with Gasteiger partial charge in [0, 0.05) is 6.54 Å². The third kappa shape index (κ3) is 8.06. The van der Waals surface area contributed by atoms with Crippen LogP contribution >= 0.6 is 8.61 Å². The second-order valence-corrected chi connectivity index (χ2v) is 2.56. The molecule has 1 N–H and O–H groups in total. The lowest BCUT2D eigenvalue weighted by Gasteiger charge is -1.94. The van der Waals surface area contributed by atoms with Gasteiger partial charge in [0.25, 0.3) is 0 Å². The first-order chi connectivity index (χ1) is 4.41. The van der Waals surface area contributed by atoms with Crippen LogP contribution in [0.3, 0.4) is 0 Å². The van der Waals surface area contributed by atoms with Crippen molar-refractivity contribution in [1.29, 1.82) is 0 Å². The molecule has 0 radical (unpaired) electrons. The molecule has 0 rings (SSSR count). The zero-order chi connectivity index (χ0) is 6.95. The van der Waals surface area contributed by atoms with Crippen molar-refractivity contribution in [2.75, 3.05) is 6.54 Å². The van der Waals surface area contributed by atoms with Crippen molar-refractivity contribution in [2.24, 2.45) is 0 Å². The second kappa shape index (κ2) is 8.06. The van der Waals surface area contributed by atoms with Crippen LogP contribution in [0.2, 0.25) is 0 Å². The fraction of sp³-hybridized carbons (Fsp3) is 1.00. The highest BCUT2D eigenvalue weighted by molar-refractivity contribution is 7.21. The fourth-order valence-corrected chi connectivity index (χ4v) is 0.926. The Morgan fingerprint density at radius 3 is 2.67 bits per heavy atom. The van der Waals surface area contributed by atoms with Gasteiger partial charge in [-0.3, -0.25) is 4.57 Å². The van der Waals surface area contributed by atoms with E-state index in [1.807, 2.05) is 0 Å². The van der Waals surface area contributed by atoms with Gasteiger partial charge in [0.1, 0.15) is 0 Å². The first kappa shape index (κ1) is 9.06. The SMILES string of the molecule is CCCCCCNP=O. The number of hydrogen-bond donors (Lipinski definition) is 1. The number of rotatable bonds is 6. The van der Waals surface area contributed by atoms with Gasteiger partial charge in [-0.05, 0) is 6.42 Å². The van der Waals surface area contributed by atoms with Crippen LogP contribution < -0.4 is 5.09 Å². The van der Waals surface area contributed by atoms with Gasteiger partial charge in [0.2, 0.25) is 8.61 Å². The minimum Gasteiger partial charge on any atom is -0.256 e. The normalized spacial score (nSPS) is 10.3. The van der Waals surface area contributed by atoms with Crippen LogP contribution in [0.1, 0.15) is 32.6 Å². The topological polar surface area (TPSA) is 29.1 Å². The van der Waals surface area contributed by atoms with Crippen molar-refractivity contribution < 1.29 is 4.57 Å². The Hall–Kier alpha value is 0.0600. The minimum atomic E-state index is 0.0647. The van der Waals surface area contributed by atoms with Crippen molar-refractivity contribution >= 4 is 8.61 Å². The number of unbranched alkanes of at least 4 members (excludes halogenated alkanes) is 3. The van der Waals surface area contributed by atoms with E-state index in [1.165, 1.54) is 19.3 Å². The lowest BCUT2D eigenvalue weighted by atomic mass is 10.2. The standard InChI is InChI=1S/C6H14NOP/c1-2-3-4-5-6-7-9-8/h2-6H2,1H3,(H,7,8). The summed E-state index contributed by atoms with van der Waals surface area (Å²) in [5, 5.41) is 2.72. The molecule has 3 heteroatoms. The molecule has 0 atom stereocenters. The van der Waals surface area contributed by atoms with Crippen molar-refractivity contribution in [2.45, 2.75) is 32.6 Å². The predicted molar refractivity (Wildman–Crippen MR) is 39.8 cm³/mol. The maximum atomic E-state index is 9.82. The average molecular weight is 147 g/mol. The van der Waals surface area contributed by atoms with Gasteiger partial charge >= 0.3 is 0 Å². The summed E-state index contributed by atoms with van der Waals surface area (Å²) in [5.41, 5.74) is 0. The molecule has 0 aromatic carbocycles. The summed E-state index contributed by atoms with van der Waals surface area (Å²) in [6, 6.07) is 0. The molecule has 0 saturated carbocycles. The second-order valence-electron chi connectivity index (χ2n) is 2.06. The molecule has 0 unspecified atom stereocenters. The molecule has 9 heavy (non-hydrogen) atoms. The molecule has 0 aromatic rings. The summed E-state index contributed by atoms with van der Waals surface area (Å²) in [6.07, 6.45) is 4.94. The molecule has 0 aliphatic rings.